The van der Waals surface area contributed by atoms with Crippen molar-refractivity contribution in [3.05, 3.63) is 42.1 Å². The monoisotopic (exact) mass is 259 g/mol. The zero-order valence-corrected chi connectivity index (χ0v) is 10.6. The van der Waals surface area contributed by atoms with Gasteiger partial charge >= 0.3 is 11.9 Å². The summed E-state index contributed by atoms with van der Waals surface area (Å²) in [6, 6.07) is 10.9. The Morgan fingerprint density at radius 1 is 1.00 bits per heavy atom. The van der Waals surface area contributed by atoms with E-state index in [4.69, 9.17) is 0 Å². The number of esters is 2. The standard InChI is InChI=1S/C14H13NO4/c1-18-13(16)12(14(17)19-2)11-8-7-9-5-3-4-6-10(9)15-11/h3-8,12H,1-2H3. The molecular formula is C14H13NO4. The van der Waals surface area contributed by atoms with Crippen molar-refractivity contribution in [2.45, 2.75) is 5.92 Å². The molecule has 0 bridgehead atoms. The first-order valence-corrected chi connectivity index (χ1v) is 5.68. The van der Waals surface area contributed by atoms with Crippen molar-refractivity contribution < 1.29 is 19.1 Å². The number of carbonyl (C=O) groups is 2. The number of para-hydroxylation sites is 1. The van der Waals surface area contributed by atoms with Crippen LogP contribution in [0.15, 0.2) is 36.4 Å². The van der Waals surface area contributed by atoms with E-state index < -0.39 is 17.9 Å². The molecule has 0 aliphatic carbocycles. The summed E-state index contributed by atoms with van der Waals surface area (Å²) in [5, 5.41) is 0.930. The van der Waals surface area contributed by atoms with Crippen LogP contribution >= 0.6 is 0 Å². The van der Waals surface area contributed by atoms with Crippen molar-refractivity contribution in [1.82, 2.24) is 4.98 Å². The zero-order chi connectivity index (χ0) is 13.8. The van der Waals surface area contributed by atoms with Gasteiger partial charge < -0.3 is 9.47 Å². The number of methoxy groups -OCH3 is 2. The second-order valence-electron chi connectivity index (χ2n) is 3.91. The number of nitrogens with zero attached hydrogens (tertiary/aromatic N) is 1. The second-order valence-corrected chi connectivity index (χ2v) is 3.91. The van der Waals surface area contributed by atoms with E-state index in [0.717, 1.165) is 5.39 Å². The van der Waals surface area contributed by atoms with Gasteiger partial charge in [0.15, 0.2) is 5.92 Å². The van der Waals surface area contributed by atoms with Crippen LogP contribution in [0.2, 0.25) is 0 Å². The summed E-state index contributed by atoms with van der Waals surface area (Å²) >= 11 is 0. The van der Waals surface area contributed by atoms with Crippen LogP contribution in [-0.4, -0.2) is 31.1 Å². The Labute approximate surface area is 110 Å². The average Bonchev–Trinajstić information content (AvgIpc) is 2.46. The lowest BCUT2D eigenvalue weighted by molar-refractivity contribution is -0.154. The van der Waals surface area contributed by atoms with Gasteiger partial charge in [0.1, 0.15) is 0 Å². The number of carbonyl (C=O) groups excluding carboxylic acids is 2. The third-order valence-electron chi connectivity index (χ3n) is 2.79. The van der Waals surface area contributed by atoms with Crippen molar-refractivity contribution >= 4 is 22.8 Å². The van der Waals surface area contributed by atoms with Crippen molar-refractivity contribution in [2.24, 2.45) is 0 Å². The van der Waals surface area contributed by atoms with E-state index in [1.54, 1.807) is 12.1 Å². The molecular weight excluding hydrogens is 246 g/mol. The van der Waals surface area contributed by atoms with Crippen LogP contribution in [0.25, 0.3) is 10.9 Å². The molecule has 1 aromatic heterocycles. The fraction of sp³-hybridized carbons (Fsp3) is 0.214. The number of rotatable bonds is 3. The number of hydrogen-bond donors (Lipinski definition) is 0. The maximum absolute atomic E-state index is 11.7. The van der Waals surface area contributed by atoms with Crippen LogP contribution in [0.5, 0.6) is 0 Å². The molecule has 0 aliphatic heterocycles. The van der Waals surface area contributed by atoms with Crippen molar-refractivity contribution in [3.8, 4) is 0 Å². The number of ether oxygens (including phenoxy) is 2. The molecule has 0 aliphatic rings. The highest BCUT2D eigenvalue weighted by Gasteiger charge is 2.31. The van der Waals surface area contributed by atoms with Crippen LogP contribution in [0.1, 0.15) is 11.6 Å². The van der Waals surface area contributed by atoms with Gasteiger partial charge in [0.25, 0.3) is 0 Å². The lowest BCUT2D eigenvalue weighted by Gasteiger charge is -2.12. The zero-order valence-electron chi connectivity index (χ0n) is 10.6. The smallest absolute Gasteiger partial charge is 0.326 e. The normalized spacial score (nSPS) is 10.5. The van der Waals surface area contributed by atoms with Gasteiger partial charge in [-0.15, -0.1) is 0 Å². The fourth-order valence-electron chi connectivity index (χ4n) is 1.82. The lowest BCUT2D eigenvalue weighted by Crippen LogP contribution is -2.25. The largest absolute Gasteiger partial charge is 0.468 e. The molecule has 1 heterocycles. The van der Waals surface area contributed by atoms with E-state index in [1.807, 2.05) is 24.3 Å². The van der Waals surface area contributed by atoms with Crippen molar-refractivity contribution in [2.75, 3.05) is 14.2 Å². The molecule has 2 aromatic rings. The number of aromatic nitrogens is 1. The molecule has 0 atom stereocenters. The fourth-order valence-corrected chi connectivity index (χ4v) is 1.82. The second kappa shape index (κ2) is 5.48. The van der Waals surface area contributed by atoms with Gasteiger partial charge in [0.05, 0.1) is 25.4 Å². The predicted molar refractivity (Wildman–Crippen MR) is 68.5 cm³/mol. The Balaban J connectivity index is 2.49. The summed E-state index contributed by atoms with van der Waals surface area (Å²) in [4.78, 5) is 27.7. The Kier molecular flexibility index (Phi) is 3.75. The third-order valence-corrected chi connectivity index (χ3v) is 2.79. The van der Waals surface area contributed by atoms with Gasteiger partial charge in [0.2, 0.25) is 0 Å². The molecule has 0 spiro atoms. The highest BCUT2D eigenvalue weighted by molar-refractivity contribution is 6.00. The first-order chi connectivity index (χ1) is 9.17. The summed E-state index contributed by atoms with van der Waals surface area (Å²) in [6.07, 6.45) is 0. The number of fused-ring (bicyclic) bond motifs is 1. The Morgan fingerprint density at radius 2 is 1.63 bits per heavy atom. The number of pyridine rings is 1. The minimum absolute atomic E-state index is 0.317. The maximum Gasteiger partial charge on any atom is 0.326 e. The summed E-state index contributed by atoms with van der Waals surface area (Å²) in [6.45, 7) is 0. The molecule has 0 fully saturated rings. The summed E-state index contributed by atoms with van der Waals surface area (Å²) < 4.78 is 9.24. The highest BCUT2D eigenvalue weighted by atomic mass is 16.5. The molecule has 2 rings (SSSR count). The first-order valence-electron chi connectivity index (χ1n) is 5.68. The molecule has 0 saturated heterocycles. The van der Waals surface area contributed by atoms with Gasteiger partial charge in [-0.3, -0.25) is 14.6 Å². The summed E-state index contributed by atoms with van der Waals surface area (Å²) in [5.41, 5.74) is 1.02. The molecule has 5 heteroatoms. The maximum atomic E-state index is 11.7. The van der Waals surface area contributed by atoms with Gasteiger partial charge in [-0.2, -0.15) is 0 Å². The number of hydrogen-bond acceptors (Lipinski definition) is 5. The molecule has 0 N–H and O–H groups in total. The van der Waals surface area contributed by atoms with Crippen LogP contribution < -0.4 is 0 Å². The van der Waals surface area contributed by atoms with E-state index in [1.165, 1.54) is 14.2 Å². The van der Waals surface area contributed by atoms with Crippen LogP contribution in [0.4, 0.5) is 0 Å². The highest BCUT2D eigenvalue weighted by Crippen LogP contribution is 2.20. The van der Waals surface area contributed by atoms with Crippen LogP contribution in [0.3, 0.4) is 0 Å². The molecule has 0 radical (unpaired) electrons. The Morgan fingerprint density at radius 3 is 2.26 bits per heavy atom. The Hall–Kier alpha value is -2.43. The van der Waals surface area contributed by atoms with E-state index in [-0.39, 0.29) is 0 Å². The predicted octanol–water partition coefficient (Wildman–Crippen LogP) is 1.66. The van der Waals surface area contributed by atoms with Crippen LogP contribution in [0, 0.1) is 0 Å². The van der Waals surface area contributed by atoms with Gasteiger partial charge in [-0.05, 0) is 12.1 Å². The van der Waals surface area contributed by atoms with Crippen molar-refractivity contribution in [3.63, 3.8) is 0 Å². The minimum atomic E-state index is -1.15. The van der Waals surface area contributed by atoms with E-state index in [9.17, 15) is 9.59 Å². The molecule has 19 heavy (non-hydrogen) atoms. The average molecular weight is 259 g/mol. The molecule has 5 nitrogen and oxygen atoms in total. The molecule has 0 saturated carbocycles. The topological polar surface area (TPSA) is 65.5 Å². The van der Waals surface area contributed by atoms with E-state index in [2.05, 4.69) is 14.5 Å². The van der Waals surface area contributed by atoms with Gasteiger partial charge in [0, 0.05) is 5.39 Å². The van der Waals surface area contributed by atoms with E-state index >= 15 is 0 Å². The van der Waals surface area contributed by atoms with Gasteiger partial charge in [-0.1, -0.05) is 24.3 Å². The first kappa shape index (κ1) is 13.0. The summed E-state index contributed by atoms with van der Waals surface area (Å²) in [5.74, 6) is -2.52. The molecule has 0 amide bonds. The minimum Gasteiger partial charge on any atom is -0.468 e. The van der Waals surface area contributed by atoms with Gasteiger partial charge in [-0.25, -0.2) is 0 Å². The summed E-state index contributed by atoms with van der Waals surface area (Å²) in [7, 11) is 2.44. The molecule has 98 valence electrons. The molecule has 0 unspecified atom stereocenters. The molecule has 1 aromatic carbocycles. The van der Waals surface area contributed by atoms with E-state index in [0.29, 0.717) is 11.2 Å². The van der Waals surface area contributed by atoms with Crippen molar-refractivity contribution in [1.29, 1.82) is 0 Å². The third kappa shape index (κ3) is 2.54. The lowest BCUT2D eigenvalue weighted by atomic mass is 10.0. The SMILES string of the molecule is COC(=O)C(C(=O)OC)c1ccc2ccccc2n1. The van der Waals surface area contributed by atoms with Crippen LogP contribution in [-0.2, 0) is 19.1 Å². The Bertz CT molecular complexity index is 608. The quantitative estimate of drug-likeness (QED) is 0.619. The number of benzene rings is 1.